The molecule has 0 radical (unpaired) electrons. The molecule has 0 fully saturated rings. The minimum Gasteiger partial charge on any atom is -0.493 e. The van der Waals surface area contributed by atoms with E-state index >= 15 is 0 Å². The summed E-state index contributed by atoms with van der Waals surface area (Å²) in [6.07, 6.45) is 1.00. The number of hydrogen-bond donors (Lipinski definition) is 1. The topological polar surface area (TPSA) is 73.3 Å². The molecule has 0 unspecified atom stereocenters. The number of hydrogen-bond acceptors (Lipinski definition) is 6. The van der Waals surface area contributed by atoms with Crippen LogP contribution in [0.15, 0.2) is 48.5 Å². The van der Waals surface area contributed by atoms with E-state index in [0.29, 0.717) is 29.5 Å². The van der Waals surface area contributed by atoms with Gasteiger partial charge in [0.2, 0.25) is 11.0 Å². The number of anilines is 1. The van der Waals surface area contributed by atoms with Crippen molar-refractivity contribution in [2.45, 2.75) is 25.7 Å². The molecule has 1 atom stereocenters. The van der Waals surface area contributed by atoms with Crippen LogP contribution in [0.25, 0.3) is 0 Å². The van der Waals surface area contributed by atoms with E-state index in [0.717, 1.165) is 16.1 Å². The van der Waals surface area contributed by atoms with Gasteiger partial charge < -0.3 is 14.8 Å². The Kier molecular flexibility index (Phi) is 6.60. The quantitative estimate of drug-likeness (QED) is 0.614. The van der Waals surface area contributed by atoms with Crippen LogP contribution >= 0.6 is 11.3 Å². The van der Waals surface area contributed by atoms with Gasteiger partial charge in [0.05, 0.1) is 14.2 Å². The van der Waals surface area contributed by atoms with E-state index < -0.39 is 0 Å². The molecule has 0 saturated carbocycles. The van der Waals surface area contributed by atoms with Gasteiger partial charge in [0, 0.05) is 12.8 Å². The fraction of sp³-hybridized carbons (Fsp3) is 0.286. The fourth-order valence-corrected chi connectivity index (χ4v) is 3.68. The average molecular weight is 398 g/mol. The van der Waals surface area contributed by atoms with Gasteiger partial charge in [-0.25, -0.2) is 0 Å². The van der Waals surface area contributed by atoms with Gasteiger partial charge in [-0.3, -0.25) is 4.79 Å². The van der Waals surface area contributed by atoms with Gasteiger partial charge in [-0.15, -0.1) is 10.2 Å². The third kappa shape index (κ3) is 5.07. The number of nitrogens with one attached hydrogen (secondary N) is 1. The SMILES string of the molecule is COc1ccc(Cc2nnc(NC(=O)C[C@@H](C)c3ccccc3)s2)cc1OC. The van der Waals surface area contributed by atoms with E-state index in [4.69, 9.17) is 9.47 Å². The minimum atomic E-state index is -0.0647. The number of ether oxygens (including phenoxy) is 2. The maximum absolute atomic E-state index is 12.3. The average Bonchev–Trinajstić information content (AvgIpc) is 3.14. The first-order chi connectivity index (χ1) is 13.6. The van der Waals surface area contributed by atoms with Gasteiger partial charge in [0.25, 0.3) is 0 Å². The number of amides is 1. The van der Waals surface area contributed by atoms with Crippen LogP contribution in [0.4, 0.5) is 5.13 Å². The lowest BCUT2D eigenvalue weighted by Crippen LogP contribution is -2.14. The van der Waals surface area contributed by atoms with E-state index in [-0.39, 0.29) is 11.8 Å². The number of nitrogens with zero attached hydrogens (tertiary/aromatic N) is 2. The Morgan fingerprint density at radius 3 is 2.54 bits per heavy atom. The van der Waals surface area contributed by atoms with Gasteiger partial charge in [0.15, 0.2) is 11.5 Å². The summed E-state index contributed by atoms with van der Waals surface area (Å²) in [5, 5.41) is 12.5. The van der Waals surface area contributed by atoms with Crippen LogP contribution in [0, 0.1) is 0 Å². The van der Waals surface area contributed by atoms with Crippen LogP contribution < -0.4 is 14.8 Å². The number of aromatic nitrogens is 2. The molecule has 0 spiro atoms. The first-order valence-electron chi connectivity index (χ1n) is 8.97. The van der Waals surface area contributed by atoms with Crippen molar-refractivity contribution in [2.24, 2.45) is 0 Å². The summed E-state index contributed by atoms with van der Waals surface area (Å²) in [5.74, 6) is 1.43. The second-order valence-electron chi connectivity index (χ2n) is 6.43. The Balaban J connectivity index is 1.59. The fourth-order valence-electron chi connectivity index (χ4n) is 2.89. The summed E-state index contributed by atoms with van der Waals surface area (Å²) in [5.41, 5.74) is 2.17. The molecule has 3 aromatic rings. The lowest BCUT2D eigenvalue weighted by Gasteiger charge is -2.10. The number of carbonyl (C=O) groups excluding carboxylic acids is 1. The van der Waals surface area contributed by atoms with Crippen molar-refractivity contribution < 1.29 is 14.3 Å². The van der Waals surface area contributed by atoms with Crippen LogP contribution in [0.3, 0.4) is 0 Å². The Morgan fingerprint density at radius 1 is 1.07 bits per heavy atom. The highest BCUT2D eigenvalue weighted by Gasteiger charge is 2.14. The highest BCUT2D eigenvalue weighted by atomic mass is 32.1. The first kappa shape index (κ1) is 19.8. The Labute approximate surface area is 168 Å². The second-order valence-corrected chi connectivity index (χ2v) is 7.49. The van der Waals surface area contributed by atoms with Gasteiger partial charge in [-0.1, -0.05) is 54.7 Å². The molecule has 2 aromatic carbocycles. The largest absolute Gasteiger partial charge is 0.493 e. The Bertz CT molecular complexity index is 928. The van der Waals surface area contributed by atoms with Gasteiger partial charge in [-0.2, -0.15) is 0 Å². The van der Waals surface area contributed by atoms with Crippen molar-refractivity contribution >= 4 is 22.4 Å². The van der Waals surface area contributed by atoms with Crippen LogP contribution in [0.5, 0.6) is 11.5 Å². The van der Waals surface area contributed by atoms with Crippen LogP contribution in [0.2, 0.25) is 0 Å². The molecule has 1 N–H and O–H groups in total. The normalized spacial score (nSPS) is 11.7. The van der Waals surface area contributed by atoms with Crippen molar-refractivity contribution in [3.8, 4) is 11.5 Å². The molecular formula is C21H23N3O3S. The van der Waals surface area contributed by atoms with E-state index in [1.165, 1.54) is 11.3 Å². The molecule has 0 aliphatic heterocycles. The van der Waals surface area contributed by atoms with Gasteiger partial charge in [-0.05, 0) is 29.2 Å². The maximum Gasteiger partial charge on any atom is 0.226 e. The van der Waals surface area contributed by atoms with E-state index in [1.54, 1.807) is 14.2 Å². The highest BCUT2D eigenvalue weighted by molar-refractivity contribution is 7.15. The molecule has 6 nitrogen and oxygen atoms in total. The van der Waals surface area contributed by atoms with Crippen LogP contribution in [-0.2, 0) is 11.2 Å². The predicted molar refractivity (Wildman–Crippen MR) is 110 cm³/mol. The van der Waals surface area contributed by atoms with Crippen molar-refractivity contribution in [3.05, 3.63) is 64.7 Å². The lowest BCUT2D eigenvalue weighted by molar-refractivity contribution is -0.116. The number of methoxy groups -OCH3 is 2. The highest BCUT2D eigenvalue weighted by Crippen LogP contribution is 2.29. The maximum atomic E-state index is 12.3. The summed E-state index contributed by atoms with van der Waals surface area (Å²) < 4.78 is 10.6. The summed E-state index contributed by atoms with van der Waals surface area (Å²) in [6, 6.07) is 15.7. The molecule has 3 rings (SSSR count). The molecule has 7 heteroatoms. The molecule has 1 amide bonds. The van der Waals surface area contributed by atoms with Crippen molar-refractivity contribution in [3.63, 3.8) is 0 Å². The molecule has 146 valence electrons. The number of rotatable bonds is 8. The van der Waals surface area contributed by atoms with Gasteiger partial charge >= 0.3 is 0 Å². The van der Waals surface area contributed by atoms with Crippen molar-refractivity contribution in [1.82, 2.24) is 10.2 Å². The standard InChI is InChI=1S/C21H23N3O3S/c1-14(16-7-5-4-6-8-16)11-19(25)22-21-24-23-20(28-21)13-15-9-10-17(26-2)18(12-15)27-3/h4-10,12,14H,11,13H2,1-3H3,(H,22,24,25)/t14-/m1/s1. The van der Waals surface area contributed by atoms with E-state index in [2.05, 4.69) is 15.5 Å². The molecule has 1 aromatic heterocycles. The second kappa shape index (κ2) is 9.32. The third-order valence-electron chi connectivity index (χ3n) is 4.38. The zero-order valence-corrected chi connectivity index (χ0v) is 17.0. The van der Waals surface area contributed by atoms with Crippen LogP contribution in [0.1, 0.15) is 35.4 Å². The van der Waals surface area contributed by atoms with Crippen molar-refractivity contribution in [1.29, 1.82) is 0 Å². The number of carbonyl (C=O) groups is 1. The smallest absolute Gasteiger partial charge is 0.226 e. The Morgan fingerprint density at radius 2 is 1.82 bits per heavy atom. The molecule has 0 bridgehead atoms. The molecule has 28 heavy (non-hydrogen) atoms. The molecule has 1 heterocycles. The minimum absolute atomic E-state index is 0.0647. The number of benzene rings is 2. The predicted octanol–water partition coefficient (Wildman–Crippen LogP) is 4.28. The summed E-state index contributed by atoms with van der Waals surface area (Å²) in [6.45, 7) is 2.04. The molecular weight excluding hydrogens is 374 g/mol. The zero-order chi connectivity index (χ0) is 19.9. The summed E-state index contributed by atoms with van der Waals surface area (Å²) in [7, 11) is 3.21. The first-order valence-corrected chi connectivity index (χ1v) is 9.78. The monoisotopic (exact) mass is 397 g/mol. The molecule has 0 aliphatic rings. The Hall–Kier alpha value is -2.93. The zero-order valence-electron chi connectivity index (χ0n) is 16.1. The molecule has 0 aliphatic carbocycles. The summed E-state index contributed by atoms with van der Waals surface area (Å²) >= 11 is 1.38. The molecule has 0 saturated heterocycles. The van der Waals surface area contributed by atoms with E-state index in [1.807, 2.05) is 55.5 Å². The van der Waals surface area contributed by atoms with Crippen molar-refractivity contribution in [2.75, 3.05) is 19.5 Å². The van der Waals surface area contributed by atoms with Crippen LogP contribution in [-0.4, -0.2) is 30.3 Å². The summed E-state index contributed by atoms with van der Waals surface area (Å²) in [4.78, 5) is 12.3. The van der Waals surface area contributed by atoms with Gasteiger partial charge in [0.1, 0.15) is 5.01 Å². The lowest BCUT2D eigenvalue weighted by atomic mass is 9.98. The van der Waals surface area contributed by atoms with E-state index in [9.17, 15) is 4.79 Å². The third-order valence-corrected chi connectivity index (χ3v) is 5.22.